The third kappa shape index (κ3) is 19.0. The summed E-state index contributed by atoms with van der Waals surface area (Å²) in [6.45, 7) is 2.29. The average Bonchev–Trinajstić information content (AvgIpc) is 0.731. The van der Waals surface area contributed by atoms with E-state index >= 15 is 0 Å². The fourth-order valence-electron chi connectivity index (χ4n) is 12.1. The Morgan fingerprint density at radius 1 is 0.238 bits per heavy atom. The van der Waals surface area contributed by atoms with Crippen LogP contribution < -0.4 is 112 Å². The molecule has 0 bridgehead atoms. The van der Waals surface area contributed by atoms with E-state index in [4.69, 9.17) is 22.9 Å². The molecule has 512 valence electrons. The zero-order chi connectivity index (χ0) is 67.1. The monoisotopic (exact) mass is 1420 g/mol. The molecule has 16 nitrogen and oxygen atoms in total. The van der Waals surface area contributed by atoms with Crippen LogP contribution in [0.4, 0.5) is 22.7 Å². The molecular weight excluding hydrogens is 1350 g/mol. The van der Waals surface area contributed by atoms with Gasteiger partial charge in [0.05, 0.1) is 31.6 Å². The number of aromatic nitrogens is 4. The zero-order valence-electron chi connectivity index (χ0n) is 55.1. The first kappa shape index (κ1) is 76.0. The van der Waals surface area contributed by atoms with Gasteiger partial charge in [-0.25, -0.2) is 18.3 Å². The van der Waals surface area contributed by atoms with Gasteiger partial charge in [0.25, 0.3) is 0 Å². The standard InChI is InChI=1S/C81H72N12O4.4ClH/c82-49-77(94)86-73-25-9-61(10-26-73)65-33-41-90(42-34-65)53-57-1-17-69(18-2-57)81(70-19-3-58(4-20-70)54-91-43-35-66(36-44-91)62-11-27-74(28-12-62)87-78(95)50-83,71-21-5-59(6-22-71)55-92-45-37-67(38-46-92)63-13-29-75(30-14-63)88-79(96)51-84)72-23-7-60(8-24-72)56-93-47-39-68(40-48-93)64-15-31-76(32-16-64)89-80(97)52-85;;;;/h1-48H,49-56,82-85H2;4*1H. The molecule has 4 heterocycles. The van der Waals surface area contributed by atoms with E-state index in [1.807, 2.05) is 97.1 Å². The van der Waals surface area contributed by atoms with Crippen molar-refractivity contribution in [2.45, 2.75) is 31.6 Å². The summed E-state index contributed by atoms with van der Waals surface area (Å²) in [5.41, 5.74) is 41.4. The smallest absolute Gasteiger partial charge is 0.238 e. The van der Waals surface area contributed by atoms with Crippen molar-refractivity contribution in [1.29, 1.82) is 0 Å². The molecule has 0 saturated heterocycles. The quantitative estimate of drug-likeness (QED) is 0.0241. The molecule has 4 aromatic heterocycles. The fraction of sp³-hybridized carbons (Fsp3) is 0.111. The number of nitrogens with one attached hydrogen (secondary N) is 4. The van der Waals surface area contributed by atoms with Crippen molar-refractivity contribution in [3.63, 3.8) is 0 Å². The van der Waals surface area contributed by atoms with Gasteiger partial charge in [0, 0.05) is 93.5 Å². The molecule has 0 spiro atoms. The number of hydrogen-bond donors (Lipinski definition) is 8. The van der Waals surface area contributed by atoms with Gasteiger partial charge in [0.1, 0.15) is 0 Å². The van der Waals surface area contributed by atoms with Gasteiger partial charge in [0.2, 0.25) is 23.6 Å². The number of halogens is 4. The van der Waals surface area contributed by atoms with Gasteiger partial charge in [0.15, 0.2) is 75.8 Å². The van der Waals surface area contributed by atoms with Crippen LogP contribution in [0.15, 0.2) is 292 Å². The van der Waals surface area contributed by atoms with E-state index in [2.05, 4.69) is 235 Å². The summed E-state index contributed by atoms with van der Waals surface area (Å²) in [6, 6.07) is 84.1. The number of carbonyl (C=O) groups excluding carboxylic acids is 4. The summed E-state index contributed by atoms with van der Waals surface area (Å²) >= 11 is 0. The van der Waals surface area contributed by atoms with Crippen LogP contribution in [-0.4, -0.2) is 49.8 Å². The maximum atomic E-state index is 11.9. The number of nitrogens with two attached hydrogens (primary N) is 4. The van der Waals surface area contributed by atoms with E-state index in [0.717, 1.165) is 89.0 Å². The summed E-state index contributed by atoms with van der Waals surface area (Å²) in [4.78, 5) is 47.6. The third-order valence-electron chi connectivity index (χ3n) is 17.3. The van der Waals surface area contributed by atoms with Gasteiger partial charge in [-0.2, -0.15) is 0 Å². The lowest BCUT2D eigenvalue weighted by molar-refractivity contribution is -0.688. The normalized spacial score (nSPS) is 10.7. The molecule has 0 saturated carbocycles. The van der Waals surface area contributed by atoms with Gasteiger partial charge >= 0.3 is 0 Å². The Morgan fingerprint density at radius 3 is 0.554 bits per heavy atom. The molecule has 0 unspecified atom stereocenters. The topological polar surface area (TPSA) is 236 Å². The molecule has 12 N–H and O–H groups in total. The van der Waals surface area contributed by atoms with Crippen LogP contribution in [0.1, 0.15) is 44.5 Å². The Kier molecular flexibility index (Phi) is 27.0. The average molecular weight is 1420 g/mol. The molecule has 12 aromatic rings. The number of nitrogens with zero attached hydrogens (tertiary/aromatic N) is 4. The highest BCUT2D eigenvalue weighted by atomic mass is 35.5. The Bertz CT molecular complexity index is 4070. The van der Waals surface area contributed by atoms with Crippen LogP contribution in [0, 0.1) is 0 Å². The first-order chi connectivity index (χ1) is 47.4. The summed E-state index contributed by atoms with van der Waals surface area (Å²) in [5.74, 6) is -0.947. The molecule has 0 aliphatic carbocycles. The highest BCUT2D eigenvalue weighted by molar-refractivity contribution is 5.94. The maximum Gasteiger partial charge on any atom is 0.238 e. The lowest BCUT2D eigenvalue weighted by atomic mass is 9.65. The molecule has 0 radical (unpaired) electrons. The molecule has 0 atom stereocenters. The highest BCUT2D eigenvalue weighted by Crippen LogP contribution is 2.46. The Labute approximate surface area is 612 Å². The number of amides is 4. The van der Waals surface area contributed by atoms with E-state index in [0.29, 0.717) is 48.9 Å². The van der Waals surface area contributed by atoms with Crippen LogP contribution in [0.2, 0.25) is 0 Å². The molecular formula is C81H76Cl4N12O4. The molecule has 4 amide bonds. The van der Waals surface area contributed by atoms with Gasteiger partial charge in [-0.05, 0) is 115 Å². The van der Waals surface area contributed by atoms with Crippen molar-refractivity contribution in [2.75, 3.05) is 47.4 Å². The minimum Gasteiger partial charge on any atom is -1.00 e. The predicted molar refractivity (Wildman–Crippen MR) is 380 cm³/mol. The molecule has 12 rings (SSSR count). The molecule has 101 heavy (non-hydrogen) atoms. The number of rotatable bonds is 24. The maximum absolute atomic E-state index is 11.9. The van der Waals surface area contributed by atoms with Crippen molar-refractivity contribution in [3.05, 3.63) is 337 Å². The minimum absolute atomic E-state index is 0. The fourth-order valence-corrected chi connectivity index (χ4v) is 12.1. The van der Waals surface area contributed by atoms with Gasteiger partial charge in [-0.1, -0.05) is 146 Å². The SMILES string of the molecule is NCC(=O)Nc1ccc(-c2cc[n+](Cc3ccc(C(c4ccc(C[n+]5ccc(-c6ccc(NC(=O)CN)cc6)cc5)cc4)(c4ccc(C[n+]5ccc(-c6ccc(NC(=O)CN)cc6)cc5)cc4)c4ccc(C[n+]5ccc(-c6ccc(NC(=O)CN)cc6)cc5)cc4)cc3)cc2)cc1.[Cl-].[Cl-].[Cl-].[Cl-]. The largest absolute Gasteiger partial charge is 1.00 e. The number of carbonyl (C=O) groups is 4. The summed E-state index contributed by atoms with van der Waals surface area (Å²) < 4.78 is 8.72. The lowest BCUT2D eigenvalue weighted by Crippen LogP contribution is -3.00. The van der Waals surface area contributed by atoms with Crippen molar-refractivity contribution >= 4 is 46.4 Å². The molecule has 0 aliphatic heterocycles. The van der Waals surface area contributed by atoms with Crippen LogP contribution >= 0.6 is 0 Å². The zero-order valence-corrected chi connectivity index (χ0v) is 58.1. The number of pyridine rings is 4. The van der Waals surface area contributed by atoms with Crippen molar-refractivity contribution in [2.24, 2.45) is 22.9 Å². The van der Waals surface area contributed by atoms with Crippen molar-refractivity contribution in [1.82, 2.24) is 0 Å². The second kappa shape index (κ2) is 35.8. The molecule has 8 aromatic carbocycles. The van der Waals surface area contributed by atoms with Crippen LogP contribution in [0.3, 0.4) is 0 Å². The highest BCUT2D eigenvalue weighted by Gasteiger charge is 2.39. The summed E-state index contributed by atoms with van der Waals surface area (Å²) in [7, 11) is 0. The minimum atomic E-state index is -0.794. The van der Waals surface area contributed by atoms with E-state index in [1.54, 1.807) is 0 Å². The van der Waals surface area contributed by atoms with Crippen LogP contribution in [-0.2, 0) is 50.8 Å². The van der Waals surface area contributed by atoms with Gasteiger partial charge in [-0.15, -0.1) is 0 Å². The Balaban J connectivity index is 0.00000324. The lowest BCUT2D eigenvalue weighted by Gasteiger charge is -2.37. The van der Waals surface area contributed by atoms with Crippen molar-refractivity contribution in [3.8, 4) is 44.5 Å². The van der Waals surface area contributed by atoms with E-state index in [-0.39, 0.29) is 99.4 Å². The summed E-state index contributed by atoms with van der Waals surface area (Å²) in [6.07, 6.45) is 16.8. The molecule has 20 heteroatoms. The first-order valence-electron chi connectivity index (χ1n) is 32.2. The number of benzene rings is 8. The molecule has 0 aliphatic rings. The summed E-state index contributed by atoms with van der Waals surface area (Å²) in [5, 5.41) is 11.3. The van der Waals surface area contributed by atoms with Crippen molar-refractivity contribution < 1.29 is 87.1 Å². The number of anilines is 4. The number of hydrogen-bond acceptors (Lipinski definition) is 8. The molecule has 0 fully saturated rings. The first-order valence-corrected chi connectivity index (χ1v) is 32.2. The van der Waals surface area contributed by atoms with E-state index in [9.17, 15) is 19.2 Å². The van der Waals surface area contributed by atoms with Crippen LogP contribution in [0.25, 0.3) is 44.5 Å². The second-order valence-corrected chi connectivity index (χ2v) is 23.9. The van der Waals surface area contributed by atoms with Crippen LogP contribution in [0.5, 0.6) is 0 Å². The van der Waals surface area contributed by atoms with Gasteiger partial charge in [-0.3, -0.25) is 19.2 Å². The van der Waals surface area contributed by atoms with E-state index in [1.165, 1.54) is 0 Å². The predicted octanol–water partition coefficient (Wildman–Crippen LogP) is -2.31. The third-order valence-corrected chi connectivity index (χ3v) is 17.3. The second-order valence-electron chi connectivity index (χ2n) is 23.9. The van der Waals surface area contributed by atoms with Gasteiger partial charge < -0.3 is 93.8 Å². The Morgan fingerprint density at radius 2 is 0.396 bits per heavy atom. The Hall–Kier alpha value is -10.8. The van der Waals surface area contributed by atoms with E-state index < -0.39 is 5.41 Å².